The molecule has 0 radical (unpaired) electrons. The summed E-state index contributed by atoms with van der Waals surface area (Å²) >= 11 is 0. The Balaban J connectivity index is 1.08. The maximum atomic E-state index is 14.0. The Morgan fingerprint density at radius 2 is 1.44 bits per heavy atom. The Hall–Kier alpha value is -6.25. The van der Waals surface area contributed by atoms with E-state index < -0.39 is 23.3 Å². The van der Waals surface area contributed by atoms with Gasteiger partial charge >= 0.3 is 12.2 Å². The van der Waals surface area contributed by atoms with Crippen molar-refractivity contribution in [2.75, 3.05) is 25.0 Å². The van der Waals surface area contributed by atoms with E-state index in [0.29, 0.717) is 68.2 Å². The van der Waals surface area contributed by atoms with Gasteiger partial charge in [-0.25, -0.2) is 14.6 Å². The molecule has 15 heteroatoms. The van der Waals surface area contributed by atoms with Crippen LogP contribution in [0.15, 0.2) is 66.7 Å². The number of carbonyl (C=O) groups excluding carboxylic acids is 5. The molecule has 64 heavy (non-hydrogen) atoms. The maximum absolute atomic E-state index is 14.0. The van der Waals surface area contributed by atoms with Gasteiger partial charge in [-0.1, -0.05) is 30.3 Å². The molecule has 342 valence electrons. The number of nitrogens with zero attached hydrogens (tertiary/aromatic N) is 3. The number of anilines is 1. The Bertz CT molecular complexity index is 2260. The van der Waals surface area contributed by atoms with E-state index in [4.69, 9.17) is 9.47 Å². The van der Waals surface area contributed by atoms with Gasteiger partial charge in [-0.15, -0.1) is 0 Å². The van der Waals surface area contributed by atoms with E-state index in [1.165, 1.54) is 0 Å². The van der Waals surface area contributed by atoms with Crippen molar-refractivity contribution in [3.05, 3.63) is 89.2 Å². The van der Waals surface area contributed by atoms with E-state index in [2.05, 4.69) is 36.4 Å². The van der Waals surface area contributed by atoms with Crippen molar-refractivity contribution < 1.29 is 33.4 Å². The summed E-state index contributed by atoms with van der Waals surface area (Å²) in [6, 6.07) is 19.9. The minimum Gasteiger partial charge on any atom is -0.444 e. The van der Waals surface area contributed by atoms with Gasteiger partial charge in [0.25, 0.3) is 5.91 Å². The second kappa shape index (κ2) is 20.5. The van der Waals surface area contributed by atoms with E-state index in [1.54, 1.807) is 17.0 Å². The number of aryl methyl sites for hydroxylation is 2. The number of benzene rings is 3. The lowest BCUT2D eigenvalue weighted by Crippen LogP contribution is -2.48. The third-order valence-corrected chi connectivity index (χ3v) is 11.5. The summed E-state index contributed by atoms with van der Waals surface area (Å²) in [5, 5.41) is 19.1. The number of amides is 5. The van der Waals surface area contributed by atoms with Crippen LogP contribution in [0.1, 0.15) is 107 Å². The molecule has 2 fully saturated rings. The number of H-pyrrole nitrogens is 1. The summed E-state index contributed by atoms with van der Waals surface area (Å²) in [5.41, 5.74) is 4.51. The number of nitrogens with one attached hydrogen (secondary N) is 5. The fraction of sp³-hybridized carbons (Fsp3) is 0.490. The van der Waals surface area contributed by atoms with Crippen molar-refractivity contribution in [2.45, 2.75) is 124 Å². The van der Waals surface area contributed by atoms with Gasteiger partial charge in [0.1, 0.15) is 23.1 Å². The molecular weight excluding hydrogens is 813 g/mol. The van der Waals surface area contributed by atoms with Crippen LogP contribution in [-0.4, -0.2) is 92.9 Å². The van der Waals surface area contributed by atoms with Crippen LogP contribution >= 0.6 is 0 Å². The highest BCUT2D eigenvalue weighted by Crippen LogP contribution is 2.30. The average Bonchev–Trinajstić information content (AvgIpc) is 3.68. The number of hydrogen-bond acceptors (Lipinski definition) is 9. The highest BCUT2D eigenvalue weighted by molar-refractivity contribution is 5.98. The van der Waals surface area contributed by atoms with Crippen LogP contribution in [0.4, 0.5) is 15.3 Å². The molecule has 5 N–H and O–H groups in total. The Morgan fingerprint density at radius 1 is 0.797 bits per heavy atom. The zero-order chi connectivity index (χ0) is 46.2. The van der Waals surface area contributed by atoms with Gasteiger partial charge in [-0.2, -0.15) is 5.10 Å². The quantitative estimate of drug-likeness (QED) is 0.0941. The first-order valence-corrected chi connectivity index (χ1v) is 22.3. The molecular formula is C49H64N8O7. The molecule has 3 aromatic carbocycles. The van der Waals surface area contributed by atoms with Crippen molar-refractivity contribution in [2.24, 2.45) is 11.8 Å². The topological polar surface area (TPSA) is 197 Å². The first-order chi connectivity index (χ1) is 30.3. The van der Waals surface area contributed by atoms with Crippen molar-refractivity contribution in [1.82, 2.24) is 36.0 Å². The Labute approximate surface area is 376 Å². The number of hydrogen-bond donors (Lipinski definition) is 5. The van der Waals surface area contributed by atoms with Crippen molar-refractivity contribution in [3.8, 4) is 22.5 Å². The standard InChI is InChI=1S/C49H64N8O7/c1-30-27-37(44(59)52-39-23-25-57(26-24-39)47(62)64-49(6,7)8)19-22-40(30)34-13-9-32(10-14-34)28-41(45(60)53-38-20-17-35(18-21-38)42-51-31(2)55-56-42)54-43(58)36-15-11-33(12-16-36)29-50-46(61)63-48(3,4)5/h9-10,13-14,17-22,27,33,36,39,41H,11-12,15-16,23-26,28-29H2,1-8H3,(H,50,61)(H,52,59)(H,53,60)(H,54,58)(H,51,55,56)/t33?,36?,41-/m0/s1. The molecule has 5 amide bonds. The number of rotatable bonds is 12. The SMILES string of the molecule is Cc1nc(-c2ccc(NC(=O)[C@H](Cc3ccc(-c4ccc(C(=O)NC5CCN(C(=O)OC(C)(C)C)CC5)cc4C)cc3)NC(=O)C3CCC(CNC(=O)OC(C)(C)C)CC3)cc2)n[nH]1. The zero-order valence-corrected chi connectivity index (χ0v) is 38.4. The molecule has 4 aromatic rings. The second-order valence-corrected chi connectivity index (χ2v) is 19.1. The first-order valence-electron chi connectivity index (χ1n) is 22.3. The van der Waals surface area contributed by atoms with Crippen molar-refractivity contribution in [3.63, 3.8) is 0 Å². The maximum Gasteiger partial charge on any atom is 0.410 e. The highest BCUT2D eigenvalue weighted by Gasteiger charge is 2.31. The molecule has 1 saturated carbocycles. The van der Waals surface area contributed by atoms with Gasteiger partial charge < -0.3 is 35.6 Å². The van der Waals surface area contributed by atoms with E-state index in [0.717, 1.165) is 40.7 Å². The summed E-state index contributed by atoms with van der Waals surface area (Å²) in [5.74, 6) is 0.563. The molecule has 0 unspecified atom stereocenters. The molecule has 1 aromatic heterocycles. The molecule has 15 nitrogen and oxygen atoms in total. The summed E-state index contributed by atoms with van der Waals surface area (Å²) in [4.78, 5) is 71.8. The predicted molar refractivity (Wildman–Crippen MR) is 245 cm³/mol. The van der Waals surface area contributed by atoms with Gasteiger partial charge in [0.15, 0.2) is 5.82 Å². The van der Waals surface area contributed by atoms with E-state index in [1.807, 2.05) is 110 Å². The number of carbonyl (C=O) groups is 5. The second-order valence-electron chi connectivity index (χ2n) is 19.1. The van der Waals surface area contributed by atoms with Crippen LogP contribution in [0.3, 0.4) is 0 Å². The molecule has 1 aliphatic heterocycles. The van der Waals surface area contributed by atoms with Crippen molar-refractivity contribution in [1.29, 1.82) is 0 Å². The van der Waals surface area contributed by atoms with Crippen LogP contribution in [0.25, 0.3) is 22.5 Å². The third kappa shape index (κ3) is 13.6. The molecule has 6 rings (SSSR count). The molecule has 2 aliphatic rings. The molecule has 2 heterocycles. The average molecular weight is 877 g/mol. The minimum absolute atomic E-state index is 0.0425. The summed E-state index contributed by atoms with van der Waals surface area (Å²) < 4.78 is 10.9. The molecule has 1 aliphatic carbocycles. The number of likely N-dealkylation sites (tertiary alicyclic amines) is 1. The lowest BCUT2D eigenvalue weighted by molar-refractivity contribution is -0.130. The van der Waals surface area contributed by atoms with Gasteiger partial charge in [0, 0.05) is 54.8 Å². The van der Waals surface area contributed by atoms with Crippen molar-refractivity contribution >= 4 is 35.6 Å². The van der Waals surface area contributed by atoms with Gasteiger partial charge in [0.2, 0.25) is 11.8 Å². The lowest BCUT2D eigenvalue weighted by Gasteiger charge is -2.33. The highest BCUT2D eigenvalue weighted by atomic mass is 16.6. The van der Waals surface area contributed by atoms with E-state index in [9.17, 15) is 24.0 Å². The largest absolute Gasteiger partial charge is 0.444 e. The molecule has 1 saturated heterocycles. The lowest BCUT2D eigenvalue weighted by atomic mass is 9.81. The number of aromatic amines is 1. The van der Waals surface area contributed by atoms with Gasteiger partial charge in [-0.3, -0.25) is 19.5 Å². The molecule has 0 bridgehead atoms. The number of piperidine rings is 1. The van der Waals surface area contributed by atoms with Crippen LogP contribution in [0, 0.1) is 25.7 Å². The smallest absolute Gasteiger partial charge is 0.410 e. The van der Waals surface area contributed by atoms with Crippen LogP contribution < -0.4 is 21.3 Å². The Morgan fingerprint density at radius 3 is 2.03 bits per heavy atom. The van der Waals surface area contributed by atoms with Crippen LogP contribution in [0.2, 0.25) is 0 Å². The fourth-order valence-electron chi connectivity index (χ4n) is 8.06. The zero-order valence-electron chi connectivity index (χ0n) is 38.4. The van der Waals surface area contributed by atoms with Gasteiger partial charge in [0.05, 0.1) is 0 Å². The predicted octanol–water partition coefficient (Wildman–Crippen LogP) is 7.88. The number of aromatic nitrogens is 3. The summed E-state index contributed by atoms with van der Waals surface area (Å²) in [7, 11) is 0. The molecule has 1 atom stereocenters. The molecule has 0 spiro atoms. The summed E-state index contributed by atoms with van der Waals surface area (Å²) in [6.07, 6.45) is 3.61. The van der Waals surface area contributed by atoms with Gasteiger partial charge in [-0.05, 0) is 158 Å². The monoisotopic (exact) mass is 876 g/mol. The van der Waals surface area contributed by atoms with E-state index >= 15 is 0 Å². The normalized spacial score (nSPS) is 17.5. The minimum atomic E-state index is -0.857. The third-order valence-electron chi connectivity index (χ3n) is 11.5. The van der Waals surface area contributed by atoms with E-state index in [-0.39, 0.29) is 48.1 Å². The first kappa shape index (κ1) is 47.2. The van der Waals surface area contributed by atoms with Crippen LogP contribution in [-0.2, 0) is 25.5 Å². The summed E-state index contributed by atoms with van der Waals surface area (Å²) in [6.45, 7) is 16.3. The number of alkyl carbamates (subject to hydrolysis) is 1. The number of ether oxygens (including phenoxy) is 2. The fourth-order valence-corrected chi connectivity index (χ4v) is 8.06. The Kier molecular flexibility index (Phi) is 15.1. The van der Waals surface area contributed by atoms with Crippen LogP contribution in [0.5, 0.6) is 0 Å².